The third kappa shape index (κ3) is 3.38. The molecule has 25 heavy (non-hydrogen) atoms. The van der Waals surface area contributed by atoms with Crippen LogP contribution in [-0.2, 0) is 12.8 Å². The zero-order valence-electron chi connectivity index (χ0n) is 14.7. The first kappa shape index (κ1) is 17.4. The van der Waals surface area contributed by atoms with Gasteiger partial charge in [0.05, 0.1) is 11.1 Å². The molecule has 0 aliphatic heterocycles. The third-order valence-corrected chi connectivity index (χ3v) is 4.76. The Morgan fingerprint density at radius 2 is 1.88 bits per heavy atom. The molecule has 0 aliphatic rings. The molecule has 3 aromatic rings. The minimum absolute atomic E-state index is 0.131. The number of hydrogen-bond donors (Lipinski definition) is 1. The van der Waals surface area contributed by atoms with Crippen molar-refractivity contribution in [3.8, 4) is 0 Å². The first-order valence-electron chi connectivity index (χ1n) is 8.53. The maximum atomic E-state index is 13.0. The first-order chi connectivity index (χ1) is 12.0. The average molecular weight is 353 g/mol. The normalized spacial score (nSPS) is 10.9. The van der Waals surface area contributed by atoms with Crippen LogP contribution < -0.4 is 5.32 Å². The van der Waals surface area contributed by atoms with Gasteiger partial charge in [0.25, 0.3) is 5.91 Å². The number of aromatic nitrogens is 1. The maximum Gasteiger partial charge on any atom is 0.256 e. The fourth-order valence-corrected chi connectivity index (χ4v) is 3.43. The second-order valence-corrected chi connectivity index (χ2v) is 6.46. The highest BCUT2D eigenvalue weighted by Gasteiger charge is 2.16. The lowest BCUT2D eigenvalue weighted by molar-refractivity contribution is 0.102. The van der Waals surface area contributed by atoms with Crippen molar-refractivity contribution in [2.75, 3.05) is 5.32 Å². The quantitative estimate of drug-likeness (QED) is 0.666. The molecule has 0 saturated heterocycles. The van der Waals surface area contributed by atoms with E-state index in [0.29, 0.717) is 10.6 Å². The lowest BCUT2D eigenvalue weighted by Crippen LogP contribution is -2.16. The number of aryl methyl sites for hydroxylation is 2. The number of benzene rings is 2. The summed E-state index contributed by atoms with van der Waals surface area (Å²) in [6.07, 6.45) is 1.59. The van der Waals surface area contributed by atoms with Crippen molar-refractivity contribution in [1.82, 2.24) is 4.98 Å². The fraction of sp³-hybridized carbons (Fsp3) is 0.238. The zero-order chi connectivity index (χ0) is 18.0. The number of nitrogens with one attached hydrogen (secondary N) is 1. The molecule has 0 atom stereocenters. The summed E-state index contributed by atoms with van der Waals surface area (Å²) in [5.74, 6) is -0.131. The molecule has 0 fully saturated rings. The Labute approximate surface area is 153 Å². The van der Waals surface area contributed by atoms with E-state index >= 15 is 0 Å². The summed E-state index contributed by atoms with van der Waals surface area (Å²) in [7, 11) is 0. The predicted molar refractivity (Wildman–Crippen MR) is 105 cm³/mol. The summed E-state index contributed by atoms with van der Waals surface area (Å²) in [5, 5.41) is 4.64. The van der Waals surface area contributed by atoms with Gasteiger partial charge in [0.2, 0.25) is 0 Å². The van der Waals surface area contributed by atoms with E-state index in [1.807, 2.05) is 56.3 Å². The Bertz CT molecular complexity index is 950. The van der Waals surface area contributed by atoms with Crippen molar-refractivity contribution in [3.63, 3.8) is 0 Å². The summed E-state index contributed by atoms with van der Waals surface area (Å²) >= 11 is 6.35. The van der Waals surface area contributed by atoms with Crippen LogP contribution in [0.2, 0.25) is 5.02 Å². The van der Waals surface area contributed by atoms with E-state index in [9.17, 15) is 4.79 Å². The van der Waals surface area contributed by atoms with Crippen molar-refractivity contribution in [1.29, 1.82) is 0 Å². The van der Waals surface area contributed by atoms with Gasteiger partial charge in [-0.2, -0.15) is 0 Å². The van der Waals surface area contributed by atoms with Crippen LogP contribution in [0.3, 0.4) is 0 Å². The van der Waals surface area contributed by atoms with Crippen LogP contribution in [0.15, 0.2) is 42.5 Å². The summed E-state index contributed by atoms with van der Waals surface area (Å²) in [5.41, 5.74) is 5.17. The standard InChI is InChI=1S/C21H21ClN2O/c1-4-14-10-11-18(22)15(5-2)20(14)24-21(25)17-12-13(3)23-19-9-7-6-8-16(17)19/h6-12H,4-5H2,1-3H3,(H,24,25). The highest BCUT2D eigenvalue weighted by Crippen LogP contribution is 2.30. The number of hydrogen-bond acceptors (Lipinski definition) is 2. The Kier molecular flexibility index (Phi) is 5.05. The highest BCUT2D eigenvalue weighted by atomic mass is 35.5. The Morgan fingerprint density at radius 3 is 2.60 bits per heavy atom. The van der Waals surface area contributed by atoms with Crippen LogP contribution in [0.4, 0.5) is 5.69 Å². The first-order valence-corrected chi connectivity index (χ1v) is 8.90. The molecule has 1 amide bonds. The molecule has 0 bridgehead atoms. The number of anilines is 1. The van der Waals surface area contributed by atoms with Gasteiger partial charge in [-0.05, 0) is 49.1 Å². The number of rotatable bonds is 4. The van der Waals surface area contributed by atoms with Crippen LogP contribution >= 0.6 is 11.6 Å². The molecule has 128 valence electrons. The number of nitrogens with zero attached hydrogens (tertiary/aromatic N) is 1. The largest absolute Gasteiger partial charge is 0.321 e. The molecule has 1 aromatic heterocycles. The molecule has 1 N–H and O–H groups in total. The fourth-order valence-electron chi connectivity index (χ4n) is 3.14. The van der Waals surface area contributed by atoms with Gasteiger partial charge in [0, 0.05) is 21.8 Å². The van der Waals surface area contributed by atoms with Crippen molar-refractivity contribution in [2.24, 2.45) is 0 Å². The molecular weight excluding hydrogens is 332 g/mol. The SMILES string of the molecule is CCc1ccc(Cl)c(CC)c1NC(=O)c1cc(C)nc2ccccc12. The summed E-state index contributed by atoms with van der Waals surface area (Å²) < 4.78 is 0. The second-order valence-electron chi connectivity index (χ2n) is 6.05. The van der Waals surface area contributed by atoms with Gasteiger partial charge in [-0.3, -0.25) is 9.78 Å². The van der Waals surface area contributed by atoms with E-state index in [1.54, 1.807) is 0 Å². The van der Waals surface area contributed by atoms with Crippen LogP contribution in [0.5, 0.6) is 0 Å². The number of carbonyl (C=O) groups excluding carboxylic acids is 1. The molecule has 1 heterocycles. The minimum atomic E-state index is -0.131. The number of fused-ring (bicyclic) bond motifs is 1. The molecule has 0 radical (unpaired) electrons. The topological polar surface area (TPSA) is 42.0 Å². The van der Waals surface area contributed by atoms with Gasteiger partial charge in [-0.25, -0.2) is 0 Å². The monoisotopic (exact) mass is 352 g/mol. The molecule has 3 nitrogen and oxygen atoms in total. The van der Waals surface area contributed by atoms with Gasteiger partial charge < -0.3 is 5.32 Å². The van der Waals surface area contributed by atoms with Crippen molar-refractivity contribution in [3.05, 3.63) is 69.9 Å². The van der Waals surface area contributed by atoms with Gasteiger partial charge in [0.1, 0.15) is 0 Å². The molecule has 0 spiro atoms. The van der Waals surface area contributed by atoms with E-state index in [1.165, 1.54) is 0 Å². The molecule has 0 aliphatic carbocycles. The lowest BCUT2D eigenvalue weighted by Gasteiger charge is -2.16. The summed E-state index contributed by atoms with van der Waals surface area (Å²) in [6.45, 7) is 6.02. The molecular formula is C21H21ClN2O. The van der Waals surface area contributed by atoms with Crippen LogP contribution in [0, 0.1) is 6.92 Å². The van der Waals surface area contributed by atoms with Crippen molar-refractivity contribution >= 4 is 34.1 Å². The number of para-hydroxylation sites is 1. The molecule has 0 saturated carbocycles. The van der Waals surface area contributed by atoms with Crippen LogP contribution in [0.1, 0.15) is 41.0 Å². The Hall–Kier alpha value is -2.39. The summed E-state index contributed by atoms with van der Waals surface area (Å²) in [6, 6.07) is 13.4. The van der Waals surface area contributed by atoms with E-state index in [2.05, 4.69) is 17.2 Å². The highest BCUT2D eigenvalue weighted by molar-refractivity contribution is 6.32. The van der Waals surface area contributed by atoms with Crippen LogP contribution in [-0.4, -0.2) is 10.9 Å². The Morgan fingerprint density at radius 1 is 1.12 bits per heavy atom. The number of halogens is 1. The molecule has 4 heteroatoms. The summed E-state index contributed by atoms with van der Waals surface area (Å²) in [4.78, 5) is 17.6. The van der Waals surface area contributed by atoms with Gasteiger partial charge in [-0.15, -0.1) is 0 Å². The number of pyridine rings is 1. The maximum absolute atomic E-state index is 13.0. The molecule has 0 unspecified atom stereocenters. The van der Waals surface area contributed by atoms with E-state index in [4.69, 9.17) is 11.6 Å². The zero-order valence-corrected chi connectivity index (χ0v) is 15.4. The number of carbonyl (C=O) groups is 1. The van der Waals surface area contributed by atoms with Crippen molar-refractivity contribution < 1.29 is 4.79 Å². The van der Waals surface area contributed by atoms with Crippen LogP contribution in [0.25, 0.3) is 10.9 Å². The second kappa shape index (κ2) is 7.24. The van der Waals surface area contributed by atoms with E-state index in [0.717, 1.165) is 46.3 Å². The predicted octanol–water partition coefficient (Wildman–Crippen LogP) is 5.57. The molecule has 2 aromatic carbocycles. The third-order valence-electron chi connectivity index (χ3n) is 4.40. The van der Waals surface area contributed by atoms with E-state index < -0.39 is 0 Å². The molecule has 3 rings (SSSR count). The lowest BCUT2D eigenvalue weighted by atomic mass is 10.0. The number of amides is 1. The van der Waals surface area contributed by atoms with Gasteiger partial charge in [0.15, 0.2) is 0 Å². The smallest absolute Gasteiger partial charge is 0.256 e. The van der Waals surface area contributed by atoms with Gasteiger partial charge in [-0.1, -0.05) is 49.7 Å². The minimum Gasteiger partial charge on any atom is -0.321 e. The van der Waals surface area contributed by atoms with E-state index in [-0.39, 0.29) is 5.91 Å². The van der Waals surface area contributed by atoms with Crippen molar-refractivity contribution in [2.45, 2.75) is 33.6 Å². The average Bonchev–Trinajstić information content (AvgIpc) is 2.61. The van der Waals surface area contributed by atoms with Gasteiger partial charge >= 0.3 is 0 Å². The Balaban J connectivity index is 2.09.